The van der Waals surface area contributed by atoms with Crippen LogP contribution in [-0.4, -0.2) is 60.3 Å². The zero-order chi connectivity index (χ0) is 40.3. The van der Waals surface area contributed by atoms with Gasteiger partial charge < -0.3 is 28.3 Å². The van der Waals surface area contributed by atoms with Gasteiger partial charge in [-0.2, -0.15) is 8.42 Å². The molecule has 6 rings (SSSR count). The maximum absolute atomic E-state index is 13.5. The number of ether oxygens (including phenoxy) is 4. The number of hydrogen-bond donors (Lipinski definition) is 0. The molecule has 0 amide bonds. The van der Waals surface area contributed by atoms with Crippen molar-refractivity contribution in [2.45, 2.75) is 69.3 Å². The molecule has 5 aromatic rings. The standard InChI is InChI=1S/C44H48BClO9S/c1-30-14-24-38(25-15-30)56(47,48)52-29-37(53-40-27-26-39(31(2)41(40)46)45-54-42(3,4)43(5,6)55-45)28-51-44(32-12-10-9-11-13-32,33-16-20-35(49-7)21-17-33)34-18-22-36(50-8)23-19-34/h9-27,37H,28-29H2,1-8H3/t37-/m1/s1. The maximum Gasteiger partial charge on any atom is 0.495 e. The lowest BCUT2D eigenvalue weighted by Crippen LogP contribution is -2.41. The Bertz CT molecular complexity index is 2150. The molecule has 5 aromatic carbocycles. The van der Waals surface area contributed by atoms with Crippen LogP contribution >= 0.6 is 11.6 Å². The molecule has 0 bridgehead atoms. The molecule has 0 aromatic heterocycles. The Morgan fingerprint density at radius 3 is 1.73 bits per heavy atom. The van der Waals surface area contributed by atoms with Crippen molar-refractivity contribution in [3.8, 4) is 17.2 Å². The van der Waals surface area contributed by atoms with Crippen LogP contribution in [0.4, 0.5) is 0 Å². The second-order valence-corrected chi connectivity index (χ2v) is 16.8. The largest absolute Gasteiger partial charge is 0.497 e. The number of hydrogen-bond acceptors (Lipinski definition) is 9. The first-order chi connectivity index (χ1) is 26.6. The van der Waals surface area contributed by atoms with Gasteiger partial charge in [-0.3, -0.25) is 4.18 Å². The van der Waals surface area contributed by atoms with E-state index in [0.717, 1.165) is 27.7 Å². The zero-order valence-electron chi connectivity index (χ0n) is 33.0. The van der Waals surface area contributed by atoms with E-state index in [-0.39, 0.29) is 18.1 Å². The van der Waals surface area contributed by atoms with E-state index in [1.807, 2.05) is 126 Å². The molecule has 0 N–H and O–H groups in total. The highest BCUT2D eigenvalue weighted by Gasteiger charge is 2.52. The zero-order valence-corrected chi connectivity index (χ0v) is 34.6. The topological polar surface area (TPSA) is 98.8 Å². The Morgan fingerprint density at radius 2 is 1.21 bits per heavy atom. The fourth-order valence-corrected chi connectivity index (χ4v) is 7.67. The van der Waals surface area contributed by atoms with E-state index in [4.69, 9.17) is 44.0 Å². The summed E-state index contributed by atoms with van der Waals surface area (Å²) in [6.45, 7) is 11.2. The molecule has 9 nitrogen and oxygen atoms in total. The van der Waals surface area contributed by atoms with Gasteiger partial charge in [0.2, 0.25) is 0 Å². The van der Waals surface area contributed by atoms with Crippen molar-refractivity contribution in [3.63, 3.8) is 0 Å². The molecule has 1 fully saturated rings. The van der Waals surface area contributed by atoms with E-state index < -0.39 is 40.1 Å². The lowest BCUT2D eigenvalue weighted by Gasteiger charge is -2.37. The SMILES string of the molecule is COc1ccc(C(OC[C@H](COS(=O)(=O)c2ccc(C)cc2)Oc2ccc(B3OC(C)(C)C(C)(C)O3)c(C)c2Cl)(c2ccccc2)c2ccc(OC)cc2)cc1. The highest BCUT2D eigenvalue weighted by Crippen LogP contribution is 2.43. The van der Waals surface area contributed by atoms with Crippen molar-refractivity contribution < 1.29 is 40.9 Å². The first-order valence-corrected chi connectivity index (χ1v) is 20.1. The van der Waals surface area contributed by atoms with Gasteiger partial charge in [0.25, 0.3) is 10.1 Å². The molecule has 1 atom stereocenters. The van der Waals surface area contributed by atoms with Gasteiger partial charge in [0.15, 0.2) is 0 Å². The van der Waals surface area contributed by atoms with Crippen molar-refractivity contribution in [2.24, 2.45) is 0 Å². The Balaban J connectivity index is 1.40. The van der Waals surface area contributed by atoms with Crippen LogP contribution in [0.5, 0.6) is 17.2 Å². The molecule has 0 unspecified atom stereocenters. The minimum atomic E-state index is -4.18. The molecule has 1 aliphatic rings. The number of benzene rings is 5. The van der Waals surface area contributed by atoms with Gasteiger partial charge in [0, 0.05) is 0 Å². The fraction of sp³-hybridized carbons (Fsp3) is 0.318. The third-order valence-corrected chi connectivity index (χ3v) is 12.3. The van der Waals surface area contributed by atoms with Crippen LogP contribution in [-0.2, 0) is 33.9 Å². The average molecular weight is 799 g/mol. The van der Waals surface area contributed by atoms with E-state index in [0.29, 0.717) is 27.8 Å². The van der Waals surface area contributed by atoms with Crippen LogP contribution in [0.15, 0.2) is 120 Å². The second-order valence-electron chi connectivity index (χ2n) is 14.8. The quantitative estimate of drug-likeness (QED) is 0.0587. The number of halogens is 1. The molecule has 1 heterocycles. The molecule has 294 valence electrons. The third-order valence-electron chi connectivity index (χ3n) is 10.6. The van der Waals surface area contributed by atoms with Crippen LogP contribution in [0.3, 0.4) is 0 Å². The van der Waals surface area contributed by atoms with Crippen LogP contribution < -0.4 is 19.7 Å². The van der Waals surface area contributed by atoms with E-state index in [1.54, 1.807) is 32.4 Å². The molecular formula is C44H48BClO9S. The second kappa shape index (κ2) is 16.6. The Kier molecular flexibility index (Phi) is 12.3. The first-order valence-electron chi connectivity index (χ1n) is 18.4. The lowest BCUT2D eigenvalue weighted by atomic mass is 9.76. The maximum atomic E-state index is 13.5. The van der Waals surface area contributed by atoms with Gasteiger partial charge in [-0.05, 0) is 112 Å². The molecule has 12 heteroatoms. The number of rotatable bonds is 15. The summed E-state index contributed by atoms with van der Waals surface area (Å²) < 4.78 is 70.1. The molecule has 0 radical (unpaired) electrons. The van der Waals surface area contributed by atoms with Gasteiger partial charge in [-0.25, -0.2) is 0 Å². The summed E-state index contributed by atoms with van der Waals surface area (Å²) in [4.78, 5) is 0.0264. The molecule has 56 heavy (non-hydrogen) atoms. The van der Waals surface area contributed by atoms with Crippen molar-refractivity contribution >= 4 is 34.3 Å². The summed E-state index contributed by atoms with van der Waals surface area (Å²) in [6.07, 6.45) is -0.977. The summed E-state index contributed by atoms with van der Waals surface area (Å²) >= 11 is 7.04. The van der Waals surface area contributed by atoms with Crippen molar-refractivity contribution in [1.82, 2.24) is 0 Å². The summed E-state index contributed by atoms with van der Waals surface area (Å²) in [5, 5.41) is 0.322. The highest BCUT2D eigenvalue weighted by molar-refractivity contribution is 7.86. The number of methoxy groups -OCH3 is 2. The van der Waals surface area contributed by atoms with Gasteiger partial charge >= 0.3 is 7.12 Å². The smallest absolute Gasteiger partial charge is 0.495 e. The minimum absolute atomic E-state index is 0.0264. The van der Waals surface area contributed by atoms with Crippen molar-refractivity contribution in [2.75, 3.05) is 27.4 Å². The Hall–Kier alpha value is -4.36. The van der Waals surface area contributed by atoms with Gasteiger partial charge in [-0.15, -0.1) is 0 Å². The van der Waals surface area contributed by atoms with Crippen molar-refractivity contribution in [1.29, 1.82) is 0 Å². The van der Waals surface area contributed by atoms with Crippen LogP contribution in [0.2, 0.25) is 5.02 Å². The molecule has 1 aliphatic heterocycles. The van der Waals surface area contributed by atoms with Gasteiger partial charge in [0.05, 0.1) is 41.9 Å². The van der Waals surface area contributed by atoms with Crippen LogP contribution in [0.1, 0.15) is 55.5 Å². The Labute approximate surface area is 336 Å². The Morgan fingerprint density at radius 1 is 0.696 bits per heavy atom. The van der Waals surface area contributed by atoms with E-state index >= 15 is 0 Å². The minimum Gasteiger partial charge on any atom is -0.497 e. The molecule has 0 spiro atoms. The predicted molar refractivity (Wildman–Crippen MR) is 219 cm³/mol. The van der Waals surface area contributed by atoms with Gasteiger partial charge in [-0.1, -0.05) is 90.0 Å². The molecule has 0 aliphatic carbocycles. The third kappa shape index (κ3) is 8.49. The summed E-state index contributed by atoms with van der Waals surface area (Å²) in [6, 6.07) is 35.1. The van der Waals surface area contributed by atoms with E-state index in [2.05, 4.69) is 0 Å². The van der Waals surface area contributed by atoms with Crippen LogP contribution in [0, 0.1) is 13.8 Å². The average Bonchev–Trinajstić information content (AvgIpc) is 3.41. The molecular weight excluding hydrogens is 751 g/mol. The normalized spacial score (nSPS) is 15.7. The fourth-order valence-electron chi connectivity index (χ4n) is 6.52. The van der Waals surface area contributed by atoms with E-state index in [1.165, 1.54) is 12.1 Å². The van der Waals surface area contributed by atoms with Gasteiger partial charge in [0.1, 0.15) is 35.6 Å². The summed E-state index contributed by atoms with van der Waals surface area (Å²) in [5.41, 5.74) is 2.48. The highest BCUT2D eigenvalue weighted by atomic mass is 35.5. The predicted octanol–water partition coefficient (Wildman–Crippen LogP) is 8.43. The first kappa shape index (κ1) is 41.3. The molecule has 0 saturated carbocycles. The summed E-state index contributed by atoms with van der Waals surface area (Å²) in [5.74, 6) is 1.67. The lowest BCUT2D eigenvalue weighted by molar-refractivity contribution is -0.0405. The van der Waals surface area contributed by atoms with E-state index in [9.17, 15) is 8.42 Å². The van der Waals surface area contributed by atoms with Crippen molar-refractivity contribution in [3.05, 3.63) is 148 Å². The van der Waals surface area contributed by atoms with Crippen LogP contribution in [0.25, 0.3) is 0 Å². The summed E-state index contributed by atoms with van der Waals surface area (Å²) in [7, 11) is -1.60. The number of aryl methyl sites for hydroxylation is 1. The monoisotopic (exact) mass is 798 g/mol. The molecule has 1 saturated heterocycles.